The van der Waals surface area contributed by atoms with Gasteiger partial charge in [0.05, 0.1) is 18.3 Å². The summed E-state index contributed by atoms with van der Waals surface area (Å²) < 4.78 is 0. The summed E-state index contributed by atoms with van der Waals surface area (Å²) in [6.45, 7) is 3.61. The van der Waals surface area contributed by atoms with Gasteiger partial charge in [0.1, 0.15) is 18.1 Å². The van der Waals surface area contributed by atoms with E-state index in [1.54, 1.807) is 13.8 Å². The van der Waals surface area contributed by atoms with E-state index in [4.69, 9.17) is 10.8 Å². The summed E-state index contributed by atoms with van der Waals surface area (Å²) in [6.07, 6.45) is 1.52. The summed E-state index contributed by atoms with van der Waals surface area (Å²) in [5.74, 6) is -7.52. The van der Waals surface area contributed by atoms with Crippen LogP contribution in [0.1, 0.15) is 52.4 Å². The van der Waals surface area contributed by atoms with Crippen molar-refractivity contribution in [3.05, 3.63) is 0 Å². The molecule has 7 N–H and O–H groups in total. The van der Waals surface area contributed by atoms with E-state index >= 15 is 0 Å². The Kier molecular flexibility index (Phi) is 11.8. The zero-order chi connectivity index (χ0) is 26.0. The number of amides is 4. The maximum atomic E-state index is 12.7. The second-order valence-corrected chi connectivity index (χ2v) is 9.20. The molecule has 0 aromatic carbocycles. The average Bonchev–Trinajstić information content (AvgIpc) is 2.75. The standard InChI is InChI=1S/C21H34N4O8S/c1-10(2)7-13(17(22)28)23-19(30)14(8-16(26)27)24-20(31)15(9-34)25-18(29)11-5-3-4-6-12(11)21(32)33/h10-15,34H,3-9H2,1-2H3,(H2,22,28)(H,23,30)(H,24,31)(H,25,29)(H,26,27)(H,32,33)/t11-,12-,13+,14+,15+/m1/s1. The first-order valence-corrected chi connectivity index (χ1v) is 11.8. The fraction of sp³-hybridized carbons (Fsp3) is 0.714. The van der Waals surface area contributed by atoms with Crippen LogP contribution in [0.25, 0.3) is 0 Å². The predicted molar refractivity (Wildman–Crippen MR) is 124 cm³/mol. The molecule has 1 saturated carbocycles. The predicted octanol–water partition coefficient (Wildman–Crippen LogP) is -0.732. The molecule has 0 aromatic rings. The van der Waals surface area contributed by atoms with E-state index < -0.39 is 71.9 Å². The van der Waals surface area contributed by atoms with Crippen LogP contribution in [0, 0.1) is 17.8 Å². The minimum absolute atomic E-state index is 0.00325. The van der Waals surface area contributed by atoms with Gasteiger partial charge in [-0.05, 0) is 25.2 Å². The van der Waals surface area contributed by atoms with Gasteiger partial charge in [-0.15, -0.1) is 0 Å². The van der Waals surface area contributed by atoms with Crippen LogP contribution in [-0.2, 0) is 28.8 Å². The molecule has 12 nitrogen and oxygen atoms in total. The van der Waals surface area contributed by atoms with E-state index in [-0.39, 0.29) is 18.1 Å². The van der Waals surface area contributed by atoms with Crippen molar-refractivity contribution in [2.45, 2.75) is 70.5 Å². The molecule has 1 aliphatic rings. The lowest BCUT2D eigenvalue weighted by molar-refractivity contribution is -0.149. The number of rotatable bonds is 13. The molecule has 0 heterocycles. The molecule has 1 fully saturated rings. The second-order valence-electron chi connectivity index (χ2n) is 8.83. The zero-order valence-electron chi connectivity index (χ0n) is 19.3. The van der Waals surface area contributed by atoms with E-state index in [1.807, 2.05) is 0 Å². The molecule has 1 aliphatic carbocycles. The first-order valence-electron chi connectivity index (χ1n) is 11.1. The molecule has 0 spiro atoms. The number of hydrogen-bond donors (Lipinski definition) is 7. The van der Waals surface area contributed by atoms with Gasteiger partial charge in [0.2, 0.25) is 23.6 Å². The van der Waals surface area contributed by atoms with Crippen molar-refractivity contribution in [2.24, 2.45) is 23.5 Å². The molecule has 13 heteroatoms. The Morgan fingerprint density at radius 3 is 1.88 bits per heavy atom. The summed E-state index contributed by atoms with van der Waals surface area (Å²) in [5, 5.41) is 25.6. The van der Waals surface area contributed by atoms with Crippen LogP contribution in [-0.4, -0.2) is 69.7 Å². The third kappa shape index (κ3) is 9.20. The summed E-state index contributed by atoms with van der Waals surface area (Å²) >= 11 is 4.05. The molecule has 0 bridgehead atoms. The number of hydrogen-bond acceptors (Lipinski definition) is 7. The van der Waals surface area contributed by atoms with Gasteiger partial charge in [0, 0.05) is 5.75 Å². The lowest BCUT2D eigenvalue weighted by Gasteiger charge is -2.29. The van der Waals surface area contributed by atoms with Gasteiger partial charge >= 0.3 is 11.9 Å². The minimum Gasteiger partial charge on any atom is -0.481 e. The quantitative estimate of drug-likeness (QED) is 0.159. The van der Waals surface area contributed by atoms with Crippen molar-refractivity contribution < 1.29 is 39.0 Å². The van der Waals surface area contributed by atoms with Crippen LogP contribution in [0.15, 0.2) is 0 Å². The molecule has 1 rings (SSSR count). The Bertz CT molecular complexity index is 791. The van der Waals surface area contributed by atoms with Crippen molar-refractivity contribution in [2.75, 3.05) is 5.75 Å². The summed E-state index contributed by atoms with van der Waals surface area (Å²) in [5.41, 5.74) is 5.31. The number of aliphatic carboxylic acids is 2. The number of carboxylic acids is 2. The fourth-order valence-electron chi connectivity index (χ4n) is 3.86. The number of carbonyl (C=O) groups excluding carboxylic acids is 4. The van der Waals surface area contributed by atoms with Crippen LogP contribution in [0.2, 0.25) is 0 Å². The van der Waals surface area contributed by atoms with Gasteiger partial charge in [0.25, 0.3) is 0 Å². The van der Waals surface area contributed by atoms with Crippen LogP contribution in [0.3, 0.4) is 0 Å². The van der Waals surface area contributed by atoms with Crippen LogP contribution in [0.4, 0.5) is 0 Å². The molecule has 0 radical (unpaired) electrons. The van der Waals surface area contributed by atoms with Crippen molar-refractivity contribution in [3.63, 3.8) is 0 Å². The molecule has 5 atom stereocenters. The summed E-state index contributed by atoms with van der Waals surface area (Å²) in [4.78, 5) is 72.5. The van der Waals surface area contributed by atoms with E-state index in [2.05, 4.69) is 28.6 Å². The molecule has 0 unspecified atom stereocenters. The van der Waals surface area contributed by atoms with Crippen LogP contribution in [0.5, 0.6) is 0 Å². The molecular weight excluding hydrogens is 468 g/mol. The molecule has 0 aliphatic heterocycles. The largest absolute Gasteiger partial charge is 0.481 e. The van der Waals surface area contributed by atoms with Crippen molar-refractivity contribution in [1.29, 1.82) is 0 Å². The highest BCUT2D eigenvalue weighted by Crippen LogP contribution is 2.30. The van der Waals surface area contributed by atoms with Gasteiger partial charge in [-0.1, -0.05) is 26.7 Å². The maximum absolute atomic E-state index is 12.7. The maximum Gasteiger partial charge on any atom is 0.307 e. The highest BCUT2D eigenvalue weighted by atomic mass is 32.1. The van der Waals surface area contributed by atoms with Crippen molar-refractivity contribution in [3.8, 4) is 0 Å². The monoisotopic (exact) mass is 502 g/mol. The number of primary amides is 1. The molecular formula is C21H34N4O8S. The smallest absolute Gasteiger partial charge is 0.307 e. The molecule has 34 heavy (non-hydrogen) atoms. The van der Waals surface area contributed by atoms with Gasteiger partial charge in [-0.25, -0.2) is 0 Å². The molecule has 0 saturated heterocycles. The van der Waals surface area contributed by atoms with Gasteiger partial charge < -0.3 is 31.9 Å². The Balaban J connectivity index is 2.91. The normalized spacial score (nSPS) is 20.5. The van der Waals surface area contributed by atoms with Gasteiger partial charge in [-0.2, -0.15) is 12.6 Å². The first-order chi connectivity index (χ1) is 15.9. The second kappa shape index (κ2) is 13.8. The molecule has 0 aromatic heterocycles. The third-order valence-electron chi connectivity index (χ3n) is 5.61. The van der Waals surface area contributed by atoms with Gasteiger partial charge in [-0.3, -0.25) is 28.8 Å². The molecule has 4 amide bonds. The van der Waals surface area contributed by atoms with E-state index in [0.29, 0.717) is 25.7 Å². The number of carbonyl (C=O) groups is 6. The van der Waals surface area contributed by atoms with E-state index in [9.17, 15) is 33.9 Å². The Hall–Kier alpha value is -2.83. The first kappa shape index (κ1) is 29.2. The van der Waals surface area contributed by atoms with E-state index in [0.717, 1.165) is 0 Å². The van der Waals surface area contributed by atoms with Gasteiger partial charge in [0.15, 0.2) is 0 Å². The lowest BCUT2D eigenvalue weighted by Crippen LogP contribution is -2.58. The minimum atomic E-state index is -1.54. The lowest BCUT2D eigenvalue weighted by atomic mass is 9.78. The molecule has 192 valence electrons. The fourth-order valence-corrected chi connectivity index (χ4v) is 4.12. The Morgan fingerprint density at radius 2 is 1.41 bits per heavy atom. The number of nitrogens with two attached hydrogens (primary N) is 1. The Labute approximate surface area is 203 Å². The summed E-state index contributed by atoms with van der Waals surface area (Å²) in [7, 11) is 0. The number of carboxylic acid groups (broad SMARTS) is 2. The van der Waals surface area contributed by atoms with Crippen LogP contribution < -0.4 is 21.7 Å². The Morgan fingerprint density at radius 1 is 0.882 bits per heavy atom. The third-order valence-corrected chi connectivity index (χ3v) is 5.98. The zero-order valence-corrected chi connectivity index (χ0v) is 20.2. The highest BCUT2D eigenvalue weighted by molar-refractivity contribution is 7.80. The average molecular weight is 503 g/mol. The van der Waals surface area contributed by atoms with E-state index in [1.165, 1.54) is 0 Å². The van der Waals surface area contributed by atoms with Crippen LogP contribution >= 0.6 is 12.6 Å². The number of thiol groups is 1. The number of nitrogens with one attached hydrogen (secondary N) is 3. The summed E-state index contributed by atoms with van der Waals surface area (Å²) in [6, 6.07) is -3.83. The van der Waals surface area contributed by atoms with Crippen molar-refractivity contribution in [1.82, 2.24) is 16.0 Å². The topological polar surface area (TPSA) is 205 Å². The SMILES string of the molecule is CC(C)C[C@H](NC(=O)[C@H](CC(=O)O)NC(=O)[C@H](CS)NC(=O)[C@@H]1CCCC[C@H]1C(=O)O)C(N)=O. The highest BCUT2D eigenvalue weighted by Gasteiger charge is 2.37. The van der Waals surface area contributed by atoms with Crippen molar-refractivity contribution >= 4 is 48.2 Å².